The first-order chi connectivity index (χ1) is 8.61. The van der Waals surface area contributed by atoms with Gasteiger partial charge in [-0.25, -0.2) is 4.39 Å². The maximum atomic E-state index is 13.3. The van der Waals surface area contributed by atoms with E-state index in [-0.39, 0.29) is 5.82 Å². The molecule has 2 N–H and O–H groups in total. The van der Waals surface area contributed by atoms with Crippen molar-refractivity contribution in [1.82, 2.24) is 4.90 Å². The number of hydrogen-bond acceptors (Lipinski definition) is 3. The lowest BCUT2D eigenvalue weighted by Gasteiger charge is -2.36. The van der Waals surface area contributed by atoms with Gasteiger partial charge in [0.1, 0.15) is 5.82 Å². The first kappa shape index (κ1) is 13.6. The van der Waals surface area contributed by atoms with Crippen LogP contribution in [0.1, 0.15) is 13.3 Å². The number of rotatable bonds is 3. The van der Waals surface area contributed by atoms with E-state index in [1.54, 1.807) is 6.07 Å². The second-order valence-corrected chi connectivity index (χ2v) is 5.51. The van der Waals surface area contributed by atoms with Crippen LogP contribution in [-0.2, 0) is 0 Å². The fourth-order valence-corrected chi connectivity index (χ4v) is 2.69. The summed E-state index contributed by atoms with van der Waals surface area (Å²) >= 11 is 3.22. The van der Waals surface area contributed by atoms with Gasteiger partial charge in [0.25, 0.3) is 0 Å². The van der Waals surface area contributed by atoms with Crippen molar-refractivity contribution < 1.29 is 4.39 Å². The van der Waals surface area contributed by atoms with E-state index in [0.29, 0.717) is 10.2 Å². The molecule has 2 rings (SSSR count). The third kappa shape index (κ3) is 2.95. The highest BCUT2D eigenvalue weighted by Crippen LogP contribution is 2.30. The largest absolute Gasteiger partial charge is 0.397 e. The SMILES string of the molecule is CCCN1CCN(c2cc(Br)c(F)cc2N)CC1. The van der Waals surface area contributed by atoms with Crippen LogP contribution in [0.25, 0.3) is 0 Å². The van der Waals surface area contributed by atoms with E-state index in [1.165, 1.54) is 12.5 Å². The molecule has 100 valence electrons. The van der Waals surface area contributed by atoms with Gasteiger partial charge in [0.05, 0.1) is 15.8 Å². The average Bonchev–Trinajstić information content (AvgIpc) is 2.35. The minimum atomic E-state index is -0.305. The van der Waals surface area contributed by atoms with Crippen LogP contribution in [-0.4, -0.2) is 37.6 Å². The van der Waals surface area contributed by atoms with Gasteiger partial charge < -0.3 is 10.6 Å². The monoisotopic (exact) mass is 315 g/mol. The van der Waals surface area contributed by atoms with Gasteiger partial charge in [-0.1, -0.05) is 6.92 Å². The summed E-state index contributed by atoms with van der Waals surface area (Å²) in [4.78, 5) is 4.68. The van der Waals surface area contributed by atoms with Crippen LogP contribution in [0, 0.1) is 5.82 Å². The van der Waals surface area contributed by atoms with Crippen molar-refractivity contribution in [2.24, 2.45) is 0 Å². The quantitative estimate of drug-likeness (QED) is 0.870. The van der Waals surface area contributed by atoms with Crippen molar-refractivity contribution in [3.8, 4) is 0 Å². The Kier molecular flexibility index (Phi) is 4.45. The molecule has 0 bridgehead atoms. The molecule has 0 aromatic heterocycles. The van der Waals surface area contributed by atoms with Crippen LogP contribution in [0.4, 0.5) is 15.8 Å². The number of piperazine rings is 1. The Morgan fingerprint density at radius 3 is 2.56 bits per heavy atom. The first-order valence-electron chi connectivity index (χ1n) is 6.33. The highest BCUT2D eigenvalue weighted by atomic mass is 79.9. The minimum Gasteiger partial charge on any atom is -0.397 e. The van der Waals surface area contributed by atoms with Gasteiger partial charge in [0, 0.05) is 32.2 Å². The second-order valence-electron chi connectivity index (χ2n) is 4.65. The first-order valence-corrected chi connectivity index (χ1v) is 7.13. The normalized spacial score (nSPS) is 17.2. The third-order valence-electron chi connectivity index (χ3n) is 3.32. The average molecular weight is 316 g/mol. The van der Waals surface area contributed by atoms with Gasteiger partial charge in [0.2, 0.25) is 0 Å². The third-order valence-corrected chi connectivity index (χ3v) is 3.93. The van der Waals surface area contributed by atoms with Crippen molar-refractivity contribution >= 4 is 27.3 Å². The molecule has 3 nitrogen and oxygen atoms in total. The van der Waals surface area contributed by atoms with Crippen LogP contribution in [0.15, 0.2) is 16.6 Å². The number of anilines is 2. The van der Waals surface area contributed by atoms with Crippen LogP contribution < -0.4 is 10.6 Å². The fraction of sp³-hybridized carbons (Fsp3) is 0.538. The molecule has 0 atom stereocenters. The van der Waals surface area contributed by atoms with Gasteiger partial charge in [-0.05, 0) is 35.0 Å². The molecule has 0 aliphatic carbocycles. The predicted octanol–water partition coefficient (Wildman–Crippen LogP) is 2.70. The van der Waals surface area contributed by atoms with Crippen molar-refractivity contribution in [2.75, 3.05) is 43.4 Å². The lowest BCUT2D eigenvalue weighted by atomic mass is 10.2. The van der Waals surface area contributed by atoms with E-state index in [2.05, 4.69) is 32.7 Å². The number of nitrogen functional groups attached to an aromatic ring is 1. The highest BCUT2D eigenvalue weighted by Gasteiger charge is 2.19. The Morgan fingerprint density at radius 2 is 1.94 bits per heavy atom. The zero-order valence-electron chi connectivity index (χ0n) is 10.6. The molecule has 0 radical (unpaired) electrons. The van der Waals surface area contributed by atoms with E-state index < -0.39 is 0 Å². The van der Waals surface area contributed by atoms with E-state index in [9.17, 15) is 4.39 Å². The molecule has 0 amide bonds. The van der Waals surface area contributed by atoms with Gasteiger partial charge >= 0.3 is 0 Å². The summed E-state index contributed by atoms with van der Waals surface area (Å²) in [7, 11) is 0. The summed E-state index contributed by atoms with van der Waals surface area (Å²) in [6, 6.07) is 3.16. The maximum Gasteiger partial charge on any atom is 0.139 e. The van der Waals surface area contributed by atoms with Gasteiger partial charge in [-0.15, -0.1) is 0 Å². The number of hydrogen-bond donors (Lipinski definition) is 1. The van der Waals surface area contributed by atoms with Crippen molar-refractivity contribution in [2.45, 2.75) is 13.3 Å². The molecule has 1 fully saturated rings. The van der Waals surface area contributed by atoms with Crippen LogP contribution in [0.2, 0.25) is 0 Å². The molecule has 1 saturated heterocycles. The minimum absolute atomic E-state index is 0.305. The number of nitrogens with zero attached hydrogens (tertiary/aromatic N) is 2. The molecule has 1 aliphatic heterocycles. The van der Waals surface area contributed by atoms with Crippen molar-refractivity contribution in [3.63, 3.8) is 0 Å². The summed E-state index contributed by atoms with van der Waals surface area (Å²) in [5.41, 5.74) is 7.34. The number of benzene rings is 1. The molecule has 1 aromatic rings. The lowest BCUT2D eigenvalue weighted by molar-refractivity contribution is 0.258. The Bertz CT molecular complexity index is 417. The van der Waals surface area contributed by atoms with Gasteiger partial charge in [-0.2, -0.15) is 0 Å². The van der Waals surface area contributed by atoms with Gasteiger partial charge in [-0.3, -0.25) is 4.90 Å². The van der Waals surface area contributed by atoms with E-state index in [4.69, 9.17) is 5.73 Å². The standard InChI is InChI=1S/C13H19BrFN3/c1-2-3-17-4-6-18(7-5-17)13-8-10(14)11(15)9-12(13)16/h8-9H,2-7,16H2,1H3. The smallest absolute Gasteiger partial charge is 0.139 e. The summed E-state index contributed by atoms with van der Waals surface area (Å²) in [6.07, 6.45) is 1.18. The fourth-order valence-electron chi connectivity index (χ4n) is 2.35. The predicted molar refractivity (Wildman–Crippen MR) is 77.5 cm³/mol. The van der Waals surface area contributed by atoms with Crippen LogP contribution in [0.5, 0.6) is 0 Å². The Labute approximate surface area is 116 Å². The molecule has 1 aromatic carbocycles. The van der Waals surface area contributed by atoms with Crippen molar-refractivity contribution in [1.29, 1.82) is 0 Å². The van der Waals surface area contributed by atoms with E-state index in [0.717, 1.165) is 38.4 Å². The molecule has 18 heavy (non-hydrogen) atoms. The van der Waals surface area contributed by atoms with Crippen LogP contribution in [0.3, 0.4) is 0 Å². The van der Waals surface area contributed by atoms with Crippen molar-refractivity contribution in [3.05, 3.63) is 22.4 Å². The maximum absolute atomic E-state index is 13.3. The summed E-state index contributed by atoms with van der Waals surface area (Å²) < 4.78 is 13.8. The van der Waals surface area contributed by atoms with E-state index >= 15 is 0 Å². The summed E-state index contributed by atoms with van der Waals surface area (Å²) in [6.45, 7) is 7.33. The topological polar surface area (TPSA) is 32.5 Å². The summed E-state index contributed by atoms with van der Waals surface area (Å²) in [5, 5.41) is 0. The molecule has 1 heterocycles. The molecule has 0 spiro atoms. The molecule has 5 heteroatoms. The Morgan fingerprint density at radius 1 is 1.28 bits per heavy atom. The highest BCUT2D eigenvalue weighted by molar-refractivity contribution is 9.10. The Hall–Kier alpha value is -0.810. The molecule has 0 unspecified atom stereocenters. The zero-order valence-corrected chi connectivity index (χ0v) is 12.2. The zero-order chi connectivity index (χ0) is 13.1. The second kappa shape index (κ2) is 5.89. The van der Waals surface area contributed by atoms with Gasteiger partial charge in [0.15, 0.2) is 0 Å². The number of halogens is 2. The van der Waals surface area contributed by atoms with E-state index in [1.807, 2.05) is 0 Å². The molecular weight excluding hydrogens is 297 g/mol. The molecular formula is C13H19BrFN3. The number of nitrogens with two attached hydrogens (primary N) is 1. The Balaban J connectivity index is 2.07. The molecule has 1 aliphatic rings. The molecule has 0 saturated carbocycles. The lowest BCUT2D eigenvalue weighted by Crippen LogP contribution is -2.46. The summed E-state index contributed by atoms with van der Waals surface area (Å²) in [5.74, 6) is -0.305. The van der Waals surface area contributed by atoms with Crippen LogP contribution >= 0.6 is 15.9 Å².